The van der Waals surface area contributed by atoms with Gasteiger partial charge in [-0.05, 0) is 75.8 Å². The van der Waals surface area contributed by atoms with Crippen molar-refractivity contribution in [1.29, 1.82) is 0 Å². The quantitative estimate of drug-likeness (QED) is 0.658. The van der Waals surface area contributed by atoms with Crippen LogP contribution in [0.4, 0.5) is 5.69 Å². The summed E-state index contributed by atoms with van der Waals surface area (Å²) in [4.78, 5) is 0. The fraction of sp³-hybridized carbons (Fsp3) is 0.333. The third-order valence-corrected chi connectivity index (χ3v) is 5.11. The van der Waals surface area contributed by atoms with Gasteiger partial charge in [0.25, 0.3) is 0 Å². The molecule has 130 valence electrons. The predicted molar refractivity (Wildman–Crippen MR) is 110 cm³/mol. The van der Waals surface area contributed by atoms with Crippen molar-refractivity contribution in [2.75, 3.05) is 5.32 Å². The third-order valence-electron chi connectivity index (χ3n) is 5.11. The largest absolute Gasteiger partial charge is 0.376 e. The normalized spacial score (nSPS) is 14.3. The number of rotatable bonds is 4. The first-order chi connectivity index (χ1) is 11.8. The van der Waals surface area contributed by atoms with E-state index >= 15 is 0 Å². The average Bonchev–Trinajstić information content (AvgIpc) is 2.97. The second-order valence-electron chi connectivity index (χ2n) is 7.89. The van der Waals surface area contributed by atoms with Crippen molar-refractivity contribution < 1.29 is 0 Å². The summed E-state index contributed by atoms with van der Waals surface area (Å²) in [6.07, 6.45) is 5.65. The topological polar surface area (TPSA) is 12.0 Å². The Kier molecular flexibility index (Phi) is 4.60. The van der Waals surface area contributed by atoms with Crippen LogP contribution in [0, 0.1) is 20.8 Å². The maximum atomic E-state index is 3.83. The van der Waals surface area contributed by atoms with Gasteiger partial charge in [-0.15, -0.1) is 0 Å². The number of allylic oxidation sites excluding steroid dienone is 4. The van der Waals surface area contributed by atoms with E-state index in [4.69, 9.17) is 0 Å². The molecule has 0 heterocycles. The highest BCUT2D eigenvalue weighted by Crippen LogP contribution is 2.37. The van der Waals surface area contributed by atoms with E-state index in [0.717, 1.165) is 6.42 Å². The van der Waals surface area contributed by atoms with Gasteiger partial charge in [-0.25, -0.2) is 0 Å². The molecule has 0 aromatic heterocycles. The van der Waals surface area contributed by atoms with E-state index in [1.54, 1.807) is 0 Å². The van der Waals surface area contributed by atoms with E-state index < -0.39 is 0 Å². The lowest BCUT2D eigenvalue weighted by molar-refractivity contribution is 0.606. The first-order valence-corrected chi connectivity index (χ1v) is 9.11. The molecule has 0 saturated heterocycles. The van der Waals surface area contributed by atoms with Gasteiger partial charge in [0.2, 0.25) is 0 Å². The minimum absolute atomic E-state index is 0.154. The van der Waals surface area contributed by atoms with Crippen molar-refractivity contribution >= 4 is 11.3 Å². The molecule has 0 fully saturated rings. The SMILES string of the molecule is CC1=CCC(c2ccccc2C(C)(C)Nc2c(C)cc(C)cc2C)=C1. The fourth-order valence-corrected chi connectivity index (χ4v) is 3.92. The van der Waals surface area contributed by atoms with Gasteiger partial charge in [-0.1, -0.05) is 59.7 Å². The highest BCUT2D eigenvalue weighted by molar-refractivity contribution is 5.75. The summed E-state index contributed by atoms with van der Waals surface area (Å²) >= 11 is 0. The van der Waals surface area contributed by atoms with Crippen molar-refractivity contribution in [2.45, 2.75) is 53.5 Å². The highest BCUT2D eigenvalue weighted by Gasteiger charge is 2.26. The number of aryl methyl sites for hydroxylation is 3. The summed E-state index contributed by atoms with van der Waals surface area (Å²) in [5, 5.41) is 3.83. The predicted octanol–water partition coefficient (Wildman–Crippen LogP) is 6.69. The Morgan fingerprint density at radius 1 is 0.920 bits per heavy atom. The van der Waals surface area contributed by atoms with Crippen molar-refractivity contribution in [3.05, 3.63) is 81.9 Å². The molecule has 1 N–H and O–H groups in total. The molecule has 0 atom stereocenters. The number of anilines is 1. The molecular formula is C24H29N. The van der Waals surface area contributed by atoms with Crippen LogP contribution in [0.3, 0.4) is 0 Å². The maximum absolute atomic E-state index is 3.83. The molecule has 3 rings (SSSR count). The number of nitrogens with one attached hydrogen (secondary N) is 1. The average molecular weight is 332 g/mol. The van der Waals surface area contributed by atoms with Gasteiger partial charge in [-0.3, -0.25) is 0 Å². The summed E-state index contributed by atoms with van der Waals surface area (Å²) in [5.74, 6) is 0. The summed E-state index contributed by atoms with van der Waals surface area (Å²) in [7, 11) is 0. The molecule has 0 amide bonds. The zero-order valence-corrected chi connectivity index (χ0v) is 16.3. The minimum Gasteiger partial charge on any atom is -0.376 e. The van der Waals surface area contributed by atoms with Gasteiger partial charge < -0.3 is 5.32 Å². The molecule has 1 aliphatic rings. The van der Waals surface area contributed by atoms with Crippen molar-refractivity contribution in [1.82, 2.24) is 0 Å². The molecule has 0 aliphatic heterocycles. The van der Waals surface area contributed by atoms with Gasteiger partial charge in [0.05, 0.1) is 5.54 Å². The second-order valence-corrected chi connectivity index (χ2v) is 7.89. The van der Waals surface area contributed by atoms with Crippen LogP contribution in [0.2, 0.25) is 0 Å². The molecule has 2 aromatic rings. The Labute approximate surface area is 152 Å². The summed E-state index contributed by atoms with van der Waals surface area (Å²) in [5.41, 5.74) is 10.5. The Morgan fingerprint density at radius 2 is 1.56 bits per heavy atom. The Morgan fingerprint density at radius 3 is 2.16 bits per heavy atom. The fourth-order valence-electron chi connectivity index (χ4n) is 3.92. The smallest absolute Gasteiger partial charge is 0.0575 e. The van der Waals surface area contributed by atoms with Crippen LogP contribution < -0.4 is 5.32 Å². The molecule has 0 radical (unpaired) electrons. The Balaban J connectivity index is 2.01. The van der Waals surface area contributed by atoms with Gasteiger partial charge in [0.1, 0.15) is 0 Å². The zero-order chi connectivity index (χ0) is 18.2. The lowest BCUT2D eigenvalue weighted by Crippen LogP contribution is -2.30. The molecule has 1 aliphatic carbocycles. The first-order valence-electron chi connectivity index (χ1n) is 9.11. The number of hydrogen-bond acceptors (Lipinski definition) is 1. The molecule has 25 heavy (non-hydrogen) atoms. The van der Waals surface area contributed by atoms with Crippen molar-refractivity contribution in [3.63, 3.8) is 0 Å². The Bertz CT molecular complexity index is 842. The number of hydrogen-bond donors (Lipinski definition) is 1. The van der Waals surface area contributed by atoms with E-state index in [0.29, 0.717) is 0 Å². The van der Waals surface area contributed by atoms with E-state index in [-0.39, 0.29) is 5.54 Å². The molecule has 0 spiro atoms. The van der Waals surface area contributed by atoms with E-state index in [1.807, 2.05) is 0 Å². The van der Waals surface area contributed by atoms with Crippen LogP contribution in [-0.4, -0.2) is 0 Å². The molecule has 0 bridgehead atoms. The molecule has 0 saturated carbocycles. The minimum atomic E-state index is -0.154. The highest BCUT2D eigenvalue weighted by atomic mass is 15.0. The maximum Gasteiger partial charge on any atom is 0.0575 e. The second kappa shape index (κ2) is 6.55. The van der Waals surface area contributed by atoms with Crippen LogP contribution in [0.5, 0.6) is 0 Å². The Hall–Kier alpha value is -2.28. The molecule has 1 nitrogen and oxygen atoms in total. The van der Waals surface area contributed by atoms with Gasteiger partial charge >= 0.3 is 0 Å². The van der Waals surface area contributed by atoms with Crippen LogP contribution in [-0.2, 0) is 5.54 Å². The van der Waals surface area contributed by atoms with Gasteiger partial charge in [-0.2, -0.15) is 0 Å². The van der Waals surface area contributed by atoms with Crippen LogP contribution in [0.15, 0.2) is 54.1 Å². The summed E-state index contributed by atoms with van der Waals surface area (Å²) in [6.45, 7) is 13.3. The third kappa shape index (κ3) is 3.56. The van der Waals surface area contributed by atoms with Crippen LogP contribution >= 0.6 is 0 Å². The number of benzene rings is 2. The van der Waals surface area contributed by atoms with Crippen LogP contribution in [0.25, 0.3) is 5.57 Å². The zero-order valence-electron chi connectivity index (χ0n) is 16.3. The van der Waals surface area contributed by atoms with E-state index in [9.17, 15) is 0 Å². The van der Waals surface area contributed by atoms with Gasteiger partial charge in [0, 0.05) is 5.69 Å². The summed E-state index contributed by atoms with van der Waals surface area (Å²) in [6, 6.07) is 13.3. The standard InChI is InChI=1S/C24H29N/c1-16-11-12-20(15-16)21-9-7-8-10-22(21)24(5,6)25-23-18(3)13-17(2)14-19(23)4/h7-11,13-15,25H,12H2,1-6H3. The molecular weight excluding hydrogens is 302 g/mol. The van der Waals surface area contributed by atoms with Crippen molar-refractivity contribution in [3.8, 4) is 0 Å². The first kappa shape index (κ1) is 17.5. The molecule has 0 unspecified atom stereocenters. The lowest BCUT2D eigenvalue weighted by atomic mass is 9.85. The van der Waals surface area contributed by atoms with E-state index in [1.165, 1.54) is 44.7 Å². The monoisotopic (exact) mass is 331 g/mol. The summed E-state index contributed by atoms with van der Waals surface area (Å²) < 4.78 is 0. The lowest BCUT2D eigenvalue weighted by Gasteiger charge is -2.32. The van der Waals surface area contributed by atoms with Gasteiger partial charge in [0.15, 0.2) is 0 Å². The van der Waals surface area contributed by atoms with Crippen molar-refractivity contribution in [2.24, 2.45) is 0 Å². The van der Waals surface area contributed by atoms with E-state index in [2.05, 4.69) is 95.4 Å². The molecule has 2 aromatic carbocycles. The molecule has 1 heteroatoms. The van der Waals surface area contributed by atoms with Crippen LogP contribution in [0.1, 0.15) is 55.0 Å².